The fourth-order valence-corrected chi connectivity index (χ4v) is 2.35. The SMILES string of the molecule is N=C(c1ccc(OCCCBr)cc1)N(Cc1ccccc1)C(=O)O. The van der Waals surface area contributed by atoms with Crippen LogP contribution in [0.3, 0.4) is 0 Å². The lowest BCUT2D eigenvalue weighted by Gasteiger charge is -2.20. The molecular formula is C18H19BrN2O3. The summed E-state index contributed by atoms with van der Waals surface area (Å²) >= 11 is 3.34. The molecule has 0 aliphatic heterocycles. The maximum Gasteiger partial charge on any atom is 0.413 e. The van der Waals surface area contributed by atoms with E-state index in [-0.39, 0.29) is 12.4 Å². The Morgan fingerprint density at radius 2 is 1.79 bits per heavy atom. The van der Waals surface area contributed by atoms with Crippen molar-refractivity contribution in [2.24, 2.45) is 0 Å². The van der Waals surface area contributed by atoms with Gasteiger partial charge in [0.2, 0.25) is 0 Å². The molecule has 0 heterocycles. The van der Waals surface area contributed by atoms with Gasteiger partial charge in [-0.25, -0.2) is 4.79 Å². The summed E-state index contributed by atoms with van der Waals surface area (Å²) in [7, 11) is 0. The Kier molecular flexibility index (Phi) is 6.81. The van der Waals surface area contributed by atoms with Gasteiger partial charge in [-0.1, -0.05) is 46.3 Å². The van der Waals surface area contributed by atoms with Gasteiger partial charge in [0.1, 0.15) is 11.6 Å². The van der Waals surface area contributed by atoms with E-state index in [1.54, 1.807) is 24.3 Å². The van der Waals surface area contributed by atoms with Crippen LogP contribution in [0.2, 0.25) is 0 Å². The molecule has 0 unspecified atom stereocenters. The maximum absolute atomic E-state index is 11.5. The molecular weight excluding hydrogens is 372 g/mol. The molecule has 2 N–H and O–H groups in total. The van der Waals surface area contributed by atoms with Crippen molar-refractivity contribution in [2.45, 2.75) is 13.0 Å². The maximum atomic E-state index is 11.5. The van der Waals surface area contributed by atoms with E-state index < -0.39 is 6.09 Å². The van der Waals surface area contributed by atoms with E-state index in [2.05, 4.69) is 15.9 Å². The van der Waals surface area contributed by atoms with Crippen LogP contribution in [0.1, 0.15) is 17.5 Å². The summed E-state index contributed by atoms with van der Waals surface area (Å²) in [5.74, 6) is 0.649. The zero-order valence-corrected chi connectivity index (χ0v) is 14.7. The van der Waals surface area contributed by atoms with E-state index in [0.29, 0.717) is 17.9 Å². The van der Waals surface area contributed by atoms with E-state index in [4.69, 9.17) is 10.1 Å². The van der Waals surface area contributed by atoms with Gasteiger partial charge in [0, 0.05) is 10.9 Å². The molecule has 1 amide bonds. The lowest BCUT2D eigenvalue weighted by molar-refractivity contribution is 0.167. The van der Waals surface area contributed by atoms with Crippen molar-refractivity contribution in [3.8, 4) is 5.75 Å². The lowest BCUT2D eigenvalue weighted by Crippen LogP contribution is -2.35. The number of alkyl halides is 1. The number of halogens is 1. The first-order valence-corrected chi connectivity index (χ1v) is 8.66. The minimum absolute atomic E-state index is 0.0571. The van der Waals surface area contributed by atoms with Crippen LogP contribution in [-0.2, 0) is 6.54 Å². The van der Waals surface area contributed by atoms with Gasteiger partial charge in [-0.15, -0.1) is 0 Å². The van der Waals surface area contributed by atoms with Crippen molar-refractivity contribution in [3.63, 3.8) is 0 Å². The molecule has 0 spiro atoms. The molecule has 6 heteroatoms. The van der Waals surface area contributed by atoms with Crippen LogP contribution in [0.25, 0.3) is 0 Å². The first kappa shape index (κ1) is 18.0. The Hall–Kier alpha value is -2.34. The molecule has 0 aliphatic rings. The lowest BCUT2D eigenvalue weighted by atomic mass is 10.1. The molecule has 24 heavy (non-hydrogen) atoms. The number of nitrogens with zero attached hydrogens (tertiary/aromatic N) is 1. The van der Waals surface area contributed by atoms with Crippen molar-refractivity contribution < 1.29 is 14.6 Å². The second-order valence-electron chi connectivity index (χ2n) is 5.12. The number of nitrogens with one attached hydrogen (secondary N) is 1. The van der Waals surface area contributed by atoms with Crippen LogP contribution in [0.5, 0.6) is 5.75 Å². The third-order valence-corrected chi connectivity index (χ3v) is 3.92. The Morgan fingerprint density at radius 1 is 1.12 bits per heavy atom. The number of ether oxygens (including phenoxy) is 1. The highest BCUT2D eigenvalue weighted by molar-refractivity contribution is 9.09. The average Bonchev–Trinajstić information content (AvgIpc) is 2.60. The normalized spacial score (nSPS) is 10.2. The summed E-state index contributed by atoms with van der Waals surface area (Å²) in [6, 6.07) is 16.1. The number of benzene rings is 2. The Balaban J connectivity index is 2.07. The van der Waals surface area contributed by atoms with Crippen molar-refractivity contribution in [1.82, 2.24) is 4.90 Å². The second-order valence-corrected chi connectivity index (χ2v) is 5.91. The Labute approximate surface area is 149 Å². The predicted molar refractivity (Wildman–Crippen MR) is 97.2 cm³/mol. The van der Waals surface area contributed by atoms with Crippen molar-refractivity contribution in [3.05, 3.63) is 65.7 Å². The molecule has 5 nitrogen and oxygen atoms in total. The molecule has 126 valence electrons. The molecule has 0 aliphatic carbocycles. The van der Waals surface area contributed by atoms with Crippen molar-refractivity contribution in [2.75, 3.05) is 11.9 Å². The Morgan fingerprint density at radius 3 is 2.38 bits per heavy atom. The smallest absolute Gasteiger partial charge is 0.413 e. The number of amidine groups is 1. The predicted octanol–water partition coefficient (Wildman–Crippen LogP) is 4.36. The van der Waals surface area contributed by atoms with Crippen LogP contribution < -0.4 is 4.74 Å². The van der Waals surface area contributed by atoms with E-state index in [1.807, 2.05) is 30.3 Å². The van der Waals surface area contributed by atoms with Crippen LogP contribution in [-0.4, -0.2) is 33.9 Å². The van der Waals surface area contributed by atoms with E-state index >= 15 is 0 Å². The number of carboxylic acid groups (broad SMARTS) is 1. The van der Waals surface area contributed by atoms with Gasteiger partial charge in [0.15, 0.2) is 0 Å². The van der Waals surface area contributed by atoms with E-state index in [0.717, 1.165) is 22.2 Å². The molecule has 0 bridgehead atoms. The highest BCUT2D eigenvalue weighted by Gasteiger charge is 2.19. The average molecular weight is 391 g/mol. The van der Waals surface area contributed by atoms with Gasteiger partial charge in [0.25, 0.3) is 0 Å². The number of hydrogen-bond donors (Lipinski definition) is 2. The molecule has 0 saturated heterocycles. The number of carbonyl (C=O) groups is 1. The summed E-state index contributed by atoms with van der Waals surface area (Å²) in [5, 5.41) is 18.5. The third kappa shape index (κ3) is 5.09. The largest absolute Gasteiger partial charge is 0.494 e. The molecule has 0 atom stereocenters. The molecule has 0 fully saturated rings. The topological polar surface area (TPSA) is 73.6 Å². The summed E-state index contributed by atoms with van der Waals surface area (Å²) in [6.45, 7) is 0.746. The highest BCUT2D eigenvalue weighted by atomic mass is 79.9. The zero-order valence-electron chi connectivity index (χ0n) is 13.1. The van der Waals surface area contributed by atoms with Gasteiger partial charge in [-0.3, -0.25) is 10.3 Å². The summed E-state index contributed by atoms with van der Waals surface area (Å²) in [5.41, 5.74) is 1.36. The minimum Gasteiger partial charge on any atom is -0.494 e. The first-order chi connectivity index (χ1) is 11.6. The van der Waals surface area contributed by atoms with Crippen molar-refractivity contribution >= 4 is 27.9 Å². The summed E-state index contributed by atoms with van der Waals surface area (Å²) < 4.78 is 5.55. The molecule has 2 rings (SSSR count). The van der Waals surface area contributed by atoms with Gasteiger partial charge < -0.3 is 9.84 Å². The summed E-state index contributed by atoms with van der Waals surface area (Å²) in [6.07, 6.45) is -0.247. The monoisotopic (exact) mass is 390 g/mol. The molecule has 2 aromatic rings. The molecule has 0 saturated carbocycles. The highest BCUT2D eigenvalue weighted by Crippen LogP contribution is 2.16. The van der Waals surface area contributed by atoms with E-state index in [1.165, 1.54) is 0 Å². The van der Waals surface area contributed by atoms with Crippen molar-refractivity contribution in [1.29, 1.82) is 5.41 Å². The van der Waals surface area contributed by atoms with Crippen LogP contribution in [0.15, 0.2) is 54.6 Å². The van der Waals surface area contributed by atoms with Crippen LogP contribution in [0, 0.1) is 5.41 Å². The second kappa shape index (κ2) is 9.08. The van der Waals surface area contributed by atoms with E-state index in [9.17, 15) is 9.90 Å². The van der Waals surface area contributed by atoms with Gasteiger partial charge in [0.05, 0.1) is 13.2 Å². The van der Waals surface area contributed by atoms with Gasteiger partial charge >= 0.3 is 6.09 Å². The summed E-state index contributed by atoms with van der Waals surface area (Å²) in [4.78, 5) is 12.5. The van der Waals surface area contributed by atoms with Gasteiger partial charge in [-0.05, 0) is 36.2 Å². The van der Waals surface area contributed by atoms with Gasteiger partial charge in [-0.2, -0.15) is 0 Å². The van der Waals surface area contributed by atoms with Crippen LogP contribution in [0.4, 0.5) is 4.79 Å². The fourth-order valence-electron chi connectivity index (χ4n) is 2.12. The molecule has 2 aromatic carbocycles. The van der Waals surface area contributed by atoms with Crippen LogP contribution >= 0.6 is 15.9 Å². The first-order valence-electron chi connectivity index (χ1n) is 7.54. The standard InChI is InChI=1S/C18H19BrN2O3/c19-11-4-12-24-16-9-7-15(8-10-16)17(20)21(18(22)23)13-14-5-2-1-3-6-14/h1-3,5-10,20H,4,11-13H2,(H,22,23). The number of amides is 1. The zero-order chi connectivity index (χ0) is 17.4. The quantitative estimate of drug-likeness (QED) is 0.319. The minimum atomic E-state index is -1.15. The number of hydrogen-bond acceptors (Lipinski definition) is 3. The fraction of sp³-hybridized carbons (Fsp3) is 0.222. The number of rotatable bonds is 7. The Bertz CT molecular complexity index is 674. The molecule has 0 aromatic heterocycles. The molecule has 0 radical (unpaired) electrons. The third-order valence-electron chi connectivity index (χ3n) is 3.36.